The van der Waals surface area contributed by atoms with Crippen LogP contribution in [0.5, 0.6) is 17.2 Å². The molecule has 6 heteroatoms. The zero-order valence-electron chi connectivity index (χ0n) is 17.6. The summed E-state index contributed by atoms with van der Waals surface area (Å²) in [6, 6.07) is 15.4. The molecule has 1 amide bonds. The van der Waals surface area contributed by atoms with Crippen molar-refractivity contribution in [1.82, 2.24) is 4.98 Å². The summed E-state index contributed by atoms with van der Waals surface area (Å²) in [5.74, 6) is 3.43. The van der Waals surface area contributed by atoms with Crippen molar-refractivity contribution >= 4 is 17.5 Å². The zero-order chi connectivity index (χ0) is 21.8. The highest BCUT2D eigenvalue weighted by molar-refractivity contribution is 5.96. The molecule has 6 nitrogen and oxygen atoms in total. The van der Waals surface area contributed by atoms with Crippen molar-refractivity contribution in [2.45, 2.75) is 38.2 Å². The quantitative estimate of drug-likeness (QED) is 0.592. The number of fused-ring (bicyclic) bond motifs is 4. The van der Waals surface area contributed by atoms with Crippen LogP contribution in [0.4, 0.5) is 5.82 Å². The largest absolute Gasteiger partial charge is 0.489 e. The van der Waals surface area contributed by atoms with E-state index in [1.807, 2.05) is 55.5 Å². The fourth-order valence-electron chi connectivity index (χ4n) is 4.81. The predicted octanol–water partition coefficient (Wildman–Crippen LogP) is 4.81. The highest BCUT2D eigenvalue weighted by Gasteiger charge is 2.59. The lowest BCUT2D eigenvalue weighted by molar-refractivity contribution is -0.116. The van der Waals surface area contributed by atoms with Gasteiger partial charge in [-0.15, -0.1) is 0 Å². The van der Waals surface area contributed by atoms with E-state index in [0.717, 1.165) is 28.0 Å². The summed E-state index contributed by atoms with van der Waals surface area (Å²) in [6.45, 7) is 2.02. The number of aromatic nitrogens is 1. The number of nitrogens with zero attached hydrogens (tertiary/aromatic N) is 1. The lowest BCUT2D eigenvalue weighted by Gasteiger charge is -2.19. The minimum Gasteiger partial charge on any atom is -0.489 e. The third kappa shape index (κ3) is 3.23. The number of hydrogen-bond acceptors (Lipinski definition) is 5. The Morgan fingerprint density at radius 1 is 1.16 bits per heavy atom. The highest BCUT2D eigenvalue weighted by Crippen LogP contribution is 2.60. The Morgan fingerprint density at radius 3 is 2.84 bits per heavy atom. The first-order valence-corrected chi connectivity index (χ1v) is 10.9. The first kappa shape index (κ1) is 19.0. The molecule has 0 radical (unpaired) electrons. The molecule has 0 spiro atoms. The van der Waals surface area contributed by atoms with Gasteiger partial charge < -0.3 is 14.8 Å². The molecule has 2 aromatic carbocycles. The third-order valence-electron chi connectivity index (χ3n) is 6.59. The molecular formula is C26H22N2O4. The minimum absolute atomic E-state index is 0.0252. The smallest absolute Gasteiger partial charge is 0.225 e. The number of pyridine rings is 1. The molecule has 1 fully saturated rings. The Labute approximate surface area is 185 Å². The molecule has 0 unspecified atom stereocenters. The summed E-state index contributed by atoms with van der Waals surface area (Å²) >= 11 is 0. The highest BCUT2D eigenvalue weighted by atomic mass is 16.5. The molecule has 160 valence electrons. The van der Waals surface area contributed by atoms with Crippen molar-refractivity contribution in [3.05, 3.63) is 77.0 Å². The van der Waals surface area contributed by atoms with Crippen LogP contribution in [0.3, 0.4) is 0 Å². The van der Waals surface area contributed by atoms with Gasteiger partial charge in [-0.25, -0.2) is 4.98 Å². The van der Waals surface area contributed by atoms with E-state index in [2.05, 4.69) is 10.3 Å². The second-order valence-corrected chi connectivity index (χ2v) is 8.75. The summed E-state index contributed by atoms with van der Waals surface area (Å²) in [6.07, 6.45) is 3.22. The Balaban J connectivity index is 1.19. The standard InChI is InChI=1S/C26H22N2O4/c1-14-2-4-15(5-3-14)20(29)13-19-24-18-12-16(6-8-21(18)32-25(19)24)31-22-10-11-27-26-17(22)7-9-23(30)28-26/h2-6,8,10-12,19,24-25H,7,9,13H2,1H3,(H,27,28,30)/t19-,24-,25+/m0/s1. The third-order valence-corrected chi connectivity index (χ3v) is 6.59. The van der Waals surface area contributed by atoms with Gasteiger partial charge in [0.05, 0.1) is 0 Å². The van der Waals surface area contributed by atoms with Gasteiger partial charge in [-0.2, -0.15) is 0 Å². The Kier molecular flexibility index (Phi) is 4.28. The molecule has 1 aromatic heterocycles. The molecule has 32 heavy (non-hydrogen) atoms. The van der Waals surface area contributed by atoms with E-state index < -0.39 is 0 Å². The lowest BCUT2D eigenvalue weighted by atomic mass is 10.0. The van der Waals surface area contributed by atoms with Crippen LogP contribution in [-0.2, 0) is 11.2 Å². The summed E-state index contributed by atoms with van der Waals surface area (Å²) in [4.78, 5) is 28.6. The Morgan fingerprint density at radius 2 is 2.00 bits per heavy atom. The number of Topliss-reactive ketones (excluding diaryl/α,β-unsaturated/α-hetero) is 1. The summed E-state index contributed by atoms with van der Waals surface area (Å²) < 4.78 is 12.3. The van der Waals surface area contributed by atoms with Crippen LogP contribution in [0.2, 0.25) is 0 Å². The molecule has 2 aliphatic heterocycles. The summed E-state index contributed by atoms with van der Waals surface area (Å²) in [5, 5.41) is 2.80. The van der Waals surface area contributed by atoms with Crippen LogP contribution in [0.15, 0.2) is 54.7 Å². The number of benzene rings is 2. The van der Waals surface area contributed by atoms with Gasteiger partial charge in [0.15, 0.2) is 5.78 Å². The number of aryl methyl sites for hydroxylation is 1. The van der Waals surface area contributed by atoms with Crippen LogP contribution in [-0.4, -0.2) is 22.8 Å². The van der Waals surface area contributed by atoms with Gasteiger partial charge in [0.2, 0.25) is 5.91 Å². The van der Waals surface area contributed by atoms with E-state index >= 15 is 0 Å². The van der Waals surface area contributed by atoms with Crippen molar-refractivity contribution in [2.24, 2.45) is 5.92 Å². The van der Waals surface area contributed by atoms with Crippen molar-refractivity contribution in [3.63, 3.8) is 0 Å². The number of ketones is 1. The number of nitrogens with one attached hydrogen (secondary N) is 1. The predicted molar refractivity (Wildman–Crippen MR) is 118 cm³/mol. The minimum atomic E-state index is -0.0252. The average Bonchev–Trinajstić information content (AvgIpc) is 3.30. The van der Waals surface area contributed by atoms with E-state index in [-0.39, 0.29) is 29.6 Å². The topological polar surface area (TPSA) is 77.5 Å². The van der Waals surface area contributed by atoms with Gasteiger partial charge in [-0.05, 0) is 37.6 Å². The molecular weight excluding hydrogens is 404 g/mol. The van der Waals surface area contributed by atoms with Gasteiger partial charge in [-0.1, -0.05) is 29.8 Å². The molecule has 0 bridgehead atoms. The van der Waals surface area contributed by atoms with Crippen LogP contribution < -0.4 is 14.8 Å². The number of amides is 1. The number of ether oxygens (including phenoxy) is 2. The molecule has 3 heterocycles. The molecule has 1 aliphatic carbocycles. The molecule has 1 N–H and O–H groups in total. The van der Waals surface area contributed by atoms with Gasteiger partial charge in [0.1, 0.15) is 29.2 Å². The zero-order valence-corrected chi connectivity index (χ0v) is 17.6. The Hall–Kier alpha value is -3.67. The van der Waals surface area contributed by atoms with Crippen molar-refractivity contribution < 1.29 is 19.1 Å². The van der Waals surface area contributed by atoms with E-state index in [0.29, 0.717) is 36.6 Å². The molecule has 3 aromatic rings. The van der Waals surface area contributed by atoms with E-state index in [1.165, 1.54) is 0 Å². The normalized spacial score (nSPS) is 22.2. The molecule has 3 aliphatic rings. The fraction of sp³-hybridized carbons (Fsp3) is 0.269. The maximum atomic E-state index is 12.7. The van der Waals surface area contributed by atoms with E-state index in [4.69, 9.17) is 9.47 Å². The fourth-order valence-corrected chi connectivity index (χ4v) is 4.81. The second kappa shape index (κ2) is 7.19. The lowest BCUT2D eigenvalue weighted by Crippen LogP contribution is -2.20. The molecule has 0 saturated heterocycles. The van der Waals surface area contributed by atoms with E-state index in [1.54, 1.807) is 6.20 Å². The summed E-state index contributed by atoms with van der Waals surface area (Å²) in [7, 11) is 0. The van der Waals surface area contributed by atoms with Crippen LogP contribution in [0, 0.1) is 12.8 Å². The second-order valence-electron chi connectivity index (χ2n) is 8.75. The monoisotopic (exact) mass is 426 g/mol. The van der Waals surface area contributed by atoms with Crippen LogP contribution in [0.1, 0.15) is 45.8 Å². The maximum Gasteiger partial charge on any atom is 0.225 e. The van der Waals surface area contributed by atoms with Crippen molar-refractivity contribution in [2.75, 3.05) is 5.32 Å². The first-order valence-electron chi connectivity index (χ1n) is 10.9. The first-order chi connectivity index (χ1) is 15.6. The van der Waals surface area contributed by atoms with Crippen molar-refractivity contribution in [3.8, 4) is 17.2 Å². The summed E-state index contributed by atoms with van der Waals surface area (Å²) in [5.41, 5.74) is 3.92. The number of anilines is 1. The van der Waals surface area contributed by atoms with Crippen LogP contribution in [0.25, 0.3) is 0 Å². The number of rotatable bonds is 5. The Bertz CT molecular complexity index is 1250. The van der Waals surface area contributed by atoms with Gasteiger partial charge in [0, 0.05) is 47.6 Å². The van der Waals surface area contributed by atoms with Crippen LogP contribution >= 0.6 is 0 Å². The van der Waals surface area contributed by atoms with Gasteiger partial charge in [0.25, 0.3) is 0 Å². The van der Waals surface area contributed by atoms with Gasteiger partial charge in [-0.3, -0.25) is 9.59 Å². The number of carbonyl (C=O) groups is 2. The maximum absolute atomic E-state index is 12.7. The average molecular weight is 426 g/mol. The SMILES string of the molecule is Cc1ccc(C(=O)C[C@@H]2[C@H]3Oc4ccc(Oc5ccnc6c5CCC(=O)N6)cc4[C@@H]23)cc1. The molecule has 3 atom stereocenters. The number of carbonyl (C=O) groups excluding carboxylic acids is 2. The number of hydrogen-bond donors (Lipinski definition) is 1. The molecule has 6 rings (SSSR count). The van der Waals surface area contributed by atoms with Gasteiger partial charge >= 0.3 is 0 Å². The molecule has 1 saturated carbocycles. The van der Waals surface area contributed by atoms with Crippen molar-refractivity contribution in [1.29, 1.82) is 0 Å². The van der Waals surface area contributed by atoms with E-state index in [9.17, 15) is 9.59 Å².